The fourth-order valence-electron chi connectivity index (χ4n) is 2.74. The molecule has 1 aliphatic carbocycles. The number of halogens is 3. The van der Waals surface area contributed by atoms with Gasteiger partial charge in [0.05, 0.1) is 5.92 Å². The molecule has 0 bridgehead atoms. The number of nitrogens with zero attached hydrogens (tertiary/aromatic N) is 1. The maximum Gasteiger partial charge on any atom is 0.391 e. The van der Waals surface area contributed by atoms with Gasteiger partial charge in [-0.3, -0.25) is 0 Å². The number of likely N-dealkylation sites (N-methyl/N-ethyl adjacent to an activating group) is 1. The molecule has 0 aromatic heterocycles. The molecule has 0 aliphatic heterocycles. The molecular weight excluding hydrogens is 241 g/mol. The van der Waals surface area contributed by atoms with Crippen molar-refractivity contribution in [2.75, 3.05) is 14.1 Å². The number of alkyl halides is 3. The van der Waals surface area contributed by atoms with Gasteiger partial charge in [0, 0.05) is 17.6 Å². The molecule has 0 saturated heterocycles. The van der Waals surface area contributed by atoms with Crippen LogP contribution in [0.1, 0.15) is 40.0 Å². The summed E-state index contributed by atoms with van der Waals surface area (Å²) in [4.78, 5) is 1.92. The molecule has 0 aromatic rings. The van der Waals surface area contributed by atoms with E-state index in [0.29, 0.717) is 6.42 Å². The molecular formula is C13H25F3N2. The molecule has 1 fully saturated rings. The zero-order valence-corrected chi connectivity index (χ0v) is 11.9. The van der Waals surface area contributed by atoms with Crippen LogP contribution in [0.5, 0.6) is 0 Å². The Balaban J connectivity index is 2.73. The van der Waals surface area contributed by atoms with Crippen LogP contribution < -0.4 is 5.32 Å². The summed E-state index contributed by atoms with van der Waals surface area (Å²) in [5, 5.41) is 3.45. The normalized spacial score (nSPS) is 30.8. The van der Waals surface area contributed by atoms with Gasteiger partial charge in [0.25, 0.3) is 0 Å². The van der Waals surface area contributed by atoms with Crippen LogP contribution in [-0.2, 0) is 0 Å². The van der Waals surface area contributed by atoms with Crippen molar-refractivity contribution in [3.8, 4) is 0 Å². The highest BCUT2D eigenvalue weighted by atomic mass is 19.4. The van der Waals surface area contributed by atoms with Crippen molar-refractivity contribution in [1.29, 1.82) is 0 Å². The van der Waals surface area contributed by atoms with E-state index in [9.17, 15) is 13.2 Å². The molecule has 18 heavy (non-hydrogen) atoms. The predicted molar refractivity (Wildman–Crippen MR) is 67.5 cm³/mol. The minimum Gasteiger partial charge on any atom is -0.308 e. The molecule has 1 N–H and O–H groups in total. The van der Waals surface area contributed by atoms with E-state index in [-0.39, 0.29) is 30.5 Å². The quantitative estimate of drug-likeness (QED) is 0.826. The summed E-state index contributed by atoms with van der Waals surface area (Å²) < 4.78 is 38.4. The van der Waals surface area contributed by atoms with E-state index in [4.69, 9.17) is 0 Å². The zero-order chi connectivity index (χ0) is 14.1. The van der Waals surface area contributed by atoms with Crippen molar-refractivity contribution in [3.05, 3.63) is 0 Å². The zero-order valence-electron chi connectivity index (χ0n) is 11.9. The molecule has 0 spiro atoms. The molecule has 2 nitrogen and oxygen atoms in total. The highest BCUT2D eigenvalue weighted by Gasteiger charge is 2.45. The van der Waals surface area contributed by atoms with Crippen LogP contribution in [-0.4, -0.2) is 42.8 Å². The van der Waals surface area contributed by atoms with Crippen LogP contribution in [0.15, 0.2) is 0 Å². The second-order valence-electron chi connectivity index (χ2n) is 6.58. The number of nitrogens with one attached hydrogen (secondary N) is 1. The second-order valence-corrected chi connectivity index (χ2v) is 6.58. The minimum atomic E-state index is -4.05. The Morgan fingerprint density at radius 1 is 1.06 bits per heavy atom. The molecule has 0 radical (unpaired) electrons. The van der Waals surface area contributed by atoms with Gasteiger partial charge < -0.3 is 10.2 Å². The first-order valence-corrected chi connectivity index (χ1v) is 6.51. The van der Waals surface area contributed by atoms with E-state index in [1.54, 1.807) is 0 Å². The van der Waals surface area contributed by atoms with Gasteiger partial charge in [0.1, 0.15) is 0 Å². The molecule has 5 heteroatoms. The molecule has 0 unspecified atom stereocenters. The smallest absolute Gasteiger partial charge is 0.308 e. The summed E-state index contributed by atoms with van der Waals surface area (Å²) >= 11 is 0. The lowest BCUT2D eigenvalue weighted by atomic mass is 9.80. The van der Waals surface area contributed by atoms with Crippen LogP contribution in [0.2, 0.25) is 0 Å². The second kappa shape index (κ2) is 5.37. The van der Waals surface area contributed by atoms with Crippen molar-refractivity contribution >= 4 is 0 Å². The maximum absolute atomic E-state index is 12.8. The van der Waals surface area contributed by atoms with Gasteiger partial charge in [-0.2, -0.15) is 13.2 Å². The molecule has 0 amide bonds. The largest absolute Gasteiger partial charge is 0.391 e. The van der Waals surface area contributed by atoms with Gasteiger partial charge >= 0.3 is 6.18 Å². The van der Waals surface area contributed by atoms with E-state index in [1.165, 1.54) is 0 Å². The van der Waals surface area contributed by atoms with Crippen molar-refractivity contribution in [2.24, 2.45) is 5.92 Å². The van der Waals surface area contributed by atoms with E-state index in [2.05, 4.69) is 26.1 Å². The lowest BCUT2D eigenvalue weighted by Gasteiger charge is -2.43. The van der Waals surface area contributed by atoms with Crippen LogP contribution >= 0.6 is 0 Å². The summed E-state index contributed by atoms with van der Waals surface area (Å²) in [6.45, 7) is 6.15. The van der Waals surface area contributed by atoms with Crippen LogP contribution in [0.3, 0.4) is 0 Å². The van der Waals surface area contributed by atoms with Crippen LogP contribution in [0.4, 0.5) is 13.2 Å². The van der Waals surface area contributed by atoms with Crippen molar-refractivity contribution < 1.29 is 13.2 Å². The van der Waals surface area contributed by atoms with E-state index >= 15 is 0 Å². The maximum atomic E-state index is 12.8. The fraction of sp³-hybridized carbons (Fsp3) is 1.00. The van der Waals surface area contributed by atoms with Gasteiger partial charge in [0.15, 0.2) is 0 Å². The number of hydrogen-bond acceptors (Lipinski definition) is 2. The first-order chi connectivity index (χ1) is 8.00. The number of hydrogen-bond donors (Lipinski definition) is 1. The predicted octanol–water partition coefficient (Wildman–Crippen LogP) is 3.04. The van der Waals surface area contributed by atoms with E-state index in [0.717, 1.165) is 0 Å². The summed E-state index contributed by atoms with van der Waals surface area (Å²) in [7, 11) is 3.72. The summed E-state index contributed by atoms with van der Waals surface area (Å²) in [6, 6.07) is 0.0863. The Morgan fingerprint density at radius 2 is 1.61 bits per heavy atom. The Kier molecular flexibility index (Phi) is 4.70. The monoisotopic (exact) mass is 266 g/mol. The van der Waals surface area contributed by atoms with Gasteiger partial charge in [-0.15, -0.1) is 0 Å². The first-order valence-electron chi connectivity index (χ1n) is 6.51. The Hall–Kier alpha value is -0.290. The average Bonchev–Trinajstić information content (AvgIpc) is 2.13. The molecule has 0 heterocycles. The molecule has 1 saturated carbocycles. The third-order valence-electron chi connectivity index (χ3n) is 3.56. The number of rotatable bonds is 2. The van der Waals surface area contributed by atoms with Gasteiger partial charge in [-0.05, 0) is 54.1 Å². The van der Waals surface area contributed by atoms with Crippen molar-refractivity contribution in [2.45, 2.75) is 63.8 Å². The van der Waals surface area contributed by atoms with Crippen molar-refractivity contribution in [3.63, 3.8) is 0 Å². The Bertz CT molecular complexity index is 268. The third kappa shape index (κ3) is 4.43. The van der Waals surface area contributed by atoms with Gasteiger partial charge in [-0.25, -0.2) is 0 Å². The van der Waals surface area contributed by atoms with E-state index in [1.807, 2.05) is 19.0 Å². The highest BCUT2D eigenvalue weighted by molar-refractivity contribution is 4.94. The van der Waals surface area contributed by atoms with Gasteiger partial charge in [0.2, 0.25) is 0 Å². The summed E-state index contributed by atoms with van der Waals surface area (Å²) in [5.74, 6) is -1.15. The SMILES string of the molecule is CN(C)[C@H]1C[C@@H](C(F)(F)F)CC[C@@H]1NC(C)(C)C. The molecule has 0 aromatic carbocycles. The lowest BCUT2D eigenvalue weighted by molar-refractivity contribution is -0.187. The van der Waals surface area contributed by atoms with E-state index < -0.39 is 12.1 Å². The highest BCUT2D eigenvalue weighted by Crippen LogP contribution is 2.39. The Labute approximate surface area is 108 Å². The van der Waals surface area contributed by atoms with Crippen molar-refractivity contribution in [1.82, 2.24) is 10.2 Å². The van der Waals surface area contributed by atoms with Gasteiger partial charge in [-0.1, -0.05) is 0 Å². The minimum absolute atomic E-state index is 0.0513. The third-order valence-corrected chi connectivity index (χ3v) is 3.56. The summed E-state index contributed by atoms with van der Waals surface area (Å²) in [5.41, 5.74) is -0.0655. The first kappa shape index (κ1) is 15.8. The Morgan fingerprint density at radius 3 is 2.00 bits per heavy atom. The summed E-state index contributed by atoms with van der Waals surface area (Å²) in [6.07, 6.45) is -3.03. The lowest BCUT2D eigenvalue weighted by Crippen LogP contribution is -2.57. The molecule has 1 aliphatic rings. The standard InChI is InChI=1S/C13H25F3N2/c1-12(2,3)17-10-7-6-9(13(14,15)16)8-11(10)18(4)5/h9-11,17H,6-8H2,1-5H3/t9-,10-,11-/m0/s1. The van der Waals surface area contributed by atoms with Crippen LogP contribution in [0.25, 0.3) is 0 Å². The topological polar surface area (TPSA) is 15.3 Å². The molecule has 3 atom stereocenters. The fourth-order valence-corrected chi connectivity index (χ4v) is 2.74. The molecule has 108 valence electrons. The molecule has 1 rings (SSSR count). The average molecular weight is 266 g/mol. The van der Waals surface area contributed by atoms with Crippen LogP contribution in [0, 0.1) is 5.92 Å².